The maximum Gasteiger partial charge on any atom is 0.251 e. The molecule has 6 nitrogen and oxygen atoms in total. The van der Waals surface area contributed by atoms with E-state index in [9.17, 15) is 4.79 Å². The zero-order chi connectivity index (χ0) is 25.5. The fraction of sp³-hybridized carbons (Fsp3) is 0.267. The van der Waals surface area contributed by atoms with Gasteiger partial charge in [-0.15, -0.1) is 0 Å². The molecule has 6 heteroatoms. The molecule has 1 atom stereocenters. The number of methoxy groups -OCH3 is 1. The quantitative estimate of drug-likeness (QED) is 0.267. The Labute approximate surface area is 212 Å². The molecule has 1 aromatic heterocycles. The molecule has 186 valence electrons. The van der Waals surface area contributed by atoms with Gasteiger partial charge in [-0.1, -0.05) is 48.0 Å². The van der Waals surface area contributed by atoms with Crippen LogP contribution in [0.1, 0.15) is 53.6 Å². The van der Waals surface area contributed by atoms with Crippen molar-refractivity contribution in [1.29, 1.82) is 0 Å². The van der Waals surface area contributed by atoms with Crippen LogP contribution in [0.3, 0.4) is 0 Å². The number of aryl methyl sites for hydroxylation is 2. The summed E-state index contributed by atoms with van der Waals surface area (Å²) in [5.41, 5.74) is 4.77. The van der Waals surface area contributed by atoms with E-state index in [1.165, 1.54) is 0 Å². The summed E-state index contributed by atoms with van der Waals surface area (Å²) in [6.45, 7) is 7.19. The van der Waals surface area contributed by atoms with E-state index in [1.807, 2.05) is 93.6 Å². The molecule has 0 radical (unpaired) electrons. The van der Waals surface area contributed by atoms with Crippen LogP contribution < -0.4 is 14.8 Å². The largest absolute Gasteiger partial charge is 0.493 e. The number of rotatable bonds is 10. The van der Waals surface area contributed by atoms with Crippen LogP contribution in [-0.4, -0.2) is 29.2 Å². The Bertz CT molecular complexity index is 1360. The van der Waals surface area contributed by atoms with Crippen LogP contribution in [0.4, 0.5) is 0 Å². The topological polar surface area (TPSA) is 65.4 Å². The molecule has 1 unspecified atom stereocenters. The number of carbonyl (C=O) groups excluding carboxylic acids is 1. The first-order valence-electron chi connectivity index (χ1n) is 12.3. The van der Waals surface area contributed by atoms with Gasteiger partial charge in [0.15, 0.2) is 11.5 Å². The van der Waals surface area contributed by atoms with Crippen LogP contribution in [0.15, 0.2) is 72.8 Å². The molecule has 0 spiro atoms. The third-order valence-corrected chi connectivity index (χ3v) is 6.06. The van der Waals surface area contributed by atoms with Crippen LogP contribution in [0, 0.1) is 6.92 Å². The van der Waals surface area contributed by atoms with Gasteiger partial charge >= 0.3 is 0 Å². The van der Waals surface area contributed by atoms with Gasteiger partial charge in [0.05, 0.1) is 30.8 Å². The number of hydrogen-bond donors (Lipinski definition) is 1. The summed E-state index contributed by atoms with van der Waals surface area (Å²) in [4.78, 5) is 17.7. The molecular formula is C30H33N3O3. The van der Waals surface area contributed by atoms with Gasteiger partial charge in [-0.25, -0.2) is 4.98 Å². The molecule has 36 heavy (non-hydrogen) atoms. The van der Waals surface area contributed by atoms with Crippen LogP contribution >= 0.6 is 0 Å². The summed E-state index contributed by atoms with van der Waals surface area (Å²) in [6.07, 6.45) is 4.79. The second-order valence-corrected chi connectivity index (χ2v) is 8.78. The standard InChI is InChI=1S/C30H33N3O3/c1-5-9-23-14-17-27(28(20-23)35-4)36-19-8-18-33-26-11-7-6-10-25(26)32-29(33)22(3)31-30(34)24-15-12-21(2)13-16-24/h5-7,9-17,20,22H,8,18-19H2,1-4H3,(H,31,34)/b9-5+. The van der Waals surface area contributed by atoms with Crippen LogP contribution in [0.2, 0.25) is 0 Å². The average molecular weight is 484 g/mol. The fourth-order valence-electron chi connectivity index (χ4n) is 4.21. The molecule has 1 amide bonds. The Kier molecular flexibility index (Phi) is 8.06. The average Bonchev–Trinajstić information content (AvgIpc) is 3.26. The van der Waals surface area contributed by atoms with Gasteiger partial charge in [0, 0.05) is 12.1 Å². The highest BCUT2D eigenvalue weighted by Crippen LogP contribution is 2.29. The highest BCUT2D eigenvalue weighted by atomic mass is 16.5. The molecule has 0 fully saturated rings. The van der Waals surface area contributed by atoms with Gasteiger partial charge in [-0.3, -0.25) is 4.79 Å². The fourth-order valence-corrected chi connectivity index (χ4v) is 4.21. The summed E-state index contributed by atoms with van der Waals surface area (Å²) in [7, 11) is 1.65. The molecular weight excluding hydrogens is 450 g/mol. The first-order valence-corrected chi connectivity index (χ1v) is 12.3. The van der Waals surface area contributed by atoms with Gasteiger partial charge in [0.2, 0.25) is 0 Å². The zero-order valence-corrected chi connectivity index (χ0v) is 21.3. The van der Waals surface area contributed by atoms with Crippen LogP contribution in [0.5, 0.6) is 11.5 Å². The van der Waals surface area contributed by atoms with Crippen molar-refractivity contribution in [2.24, 2.45) is 0 Å². The number of carbonyl (C=O) groups is 1. The molecule has 0 saturated carbocycles. The van der Waals surface area contributed by atoms with Gasteiger partial charge in [0.25, 0.3) is 5.91 Å². The van der Waals surface area contributed by atoms with Gasteiger partial charge in [0.1, 0.15) is 5.82 Å². The normalized spacial score (nSPS) is 12.1. The zero-order valence-electron chi connectivity index (χ0n) is 21.3. The minimum atomic E-state index is -0.258. The molecule has 0 aliphatic carbocycles. The van der Waals surface area contributed by atoms with Gasteiger partial charge in [-0.2, -0.15) is 0 Å². The Morgan fingerprint density at radius 2 is 1.86 bits per heavy atom. The lowest BCUT2D eigenvalue weighted by molar-refractivity contribution is 0.0937. The second-order valence-electron chi connectivity index (χ2n) is 8.78. The van der Waals surface area contributed by atoms with Gasteiger partial charge in [-0.05, 0) is 69.2 Å². The van der Waals surface area contributed by atoms with Crippen molar-refractivity contribution in [3.05, 3.63) is 95.3 Å². The van der Waals surface area contributed by atoms with E-state index >= 15 is 0 Å². The number of nitrogens with zero attached hydrogens (tertiary/aromatic N) is 2. The molecule has 4 rings (SSSR count). The number of imidazole rings is 1. The minimum absolute atomic E-state index is 0.113. The predicted octanol–water partition coefficient (Wildman–Crippen LogP) is 6.35. The van der Waals surface area contributed by atoms with Crippen molar-refractivity contribution < 1.29 is 14.3 Å². The van der Waals surface area contributed by atoms with E-state index in [-0.39, 0.29) is 11.9 Å². The van der Waals surface area contributed by atoms with E-state index in [2.05, 4.69) is 16.0 Å². The monoisotopic (exact) mass is 483 g/mol. The summed E-state index contributed by atoms with van der Waals surface area (Å²) in [5.74, 6) is 2.15. The van der Waals surface area contributed by atoms with E-state index in [0.29, 0.717) is 24.5 Å². The van der Waals surface area contributed by atoms with Gasteiger partial charge < -0.3 is 19.4 Å². The number of nitrogens with one attached hydrogen (secondary N) is 1. The Balaban J connectivity index is 1.46. The van der Waals surface area contributed by atoms with E-state index in [1.54, 1.807) is 7.11 Å². The maximum atomic E-state index is 12.8. The van der Waals surface area contributed by atoms with Crippen LogP contribution in [0.25, 0.3) is 17.1 Å². The number of amides is 1. The molecule has 3 aromatic carbocycles. The number of benzene rings is 3. The highest BCUT2D eigenvalue weighted by Gasteiger charge is 2.19. The van der Waals surface area contributed by atoms with E-state index in [0.717, 1.165) is 40.2 Å². The SMILES string of the molecule is C/C=C/c1ccc(OCCCn2c(C(C)NC(=O)c3ccc(C)cc3)nc3ccccc32)c(OC)c1. The summed E-state index contributed by atoms with van der Waals surface area (Å²) < 4.78 is 13.7. The van der Waals surface area contributed by atoms with Crippen molar-refractivity contribution in [2.45, 2.75) is 39.8 Å². The minimum Gasteiger partial charge on any atom is -0.493 e. The predicted molar refractivity (Wildman–Crippen MR) is 145 cm³/mol. The molecule has 0 saturated heterocycles. The first-order chi connectivity index (χ1) is 17.5. The third-order valence-electron chi connectivity index (χ3n) is 6.06. The maximum absolute atomic E-state index is 12.8. The number of para-hydroxylation sites is 2. The lowest BCUT2D eigenvalue weighted by Crippen LogP contribution is -2.28. The smallest absolute Gasteiger partial charge is 0.251 e. The van der Waals surface area contributed by atoms with E-state index < -0.39 is 0 Å². The number of fused-ring (bicyclic) bond motifs is 1. The summed E-state index contributed by atoms with van der Waals surface area (Å²) in [5, 5.41) is 3.10. The molecule has 1 N–H and O–H groups in total. The molecule has 0 aliphatic rings. The number of allylic oxidation sites excluding steroid dienone is 1. The van der Waals surface area contributed by atoms with Crippen molar-refractivity contribution in [2.75, 3.05) is 13.7 Å². The Morgan fingerprint density at radius 1 is 1.08 bits per heavy atom. The Hall–Kier alpha value is -4.06. The number of aromatic nitrogens is 2. The number of ether oxygens (including phenoxy) is 2. The highest BCUT2D eigenvalue weighted by molar-refractivity contribution is 5.94. The van der Waals surface area contributed by atoms with Crippen molar-refractivity contribution in [3.63, 3.8) is 0 Å². The summed E-state index contributed by atoms with van der Waals surface area (Å²) in [6, 6.07) is 21.3. The number of hydrogen-bond acceptors (Lipinski definition) is 4. The lowest BCUT2D eigenvalue weighted by Gasteiger charge is -2.17. The summed E-state index contributed by atoms with van der Waals surface area (Å²) >= 11 is 0. The Morgan fingerprint density at radius 3 is 2.61 bits per heavy atom. The van der Waals surface area contributed by atoms with Crippen molar-refractivity contribution in [3.8, 4) is 11.5 Å². The lowest BCUT2D eigenvalue weighted by atomic mass is 10.1. The molecule has 0 aliphatic heterocycles. The van der Waals surface area contributed by atoms with Crippen LogP contribution in [-0.2, 0) is 6.54 Å². The van der Waals surface area contributed by atoms with Crippen molar-refractivity contribution in [1.82, 2.24) is 14.9 Å². The second kappa shape index (κ2) is 11.6. The van der Waals surface area contributed by atoms with E-state index in [4.69, 9.17) is 14.5 Å². The molecule has 1 heterocycles. The third kappa shape index (κ3) is 5.77. The molecule has 4 aromatic rings. The first kappa shape index (κ1) is 25.0. The van der Waals surface area contributed by atoms with Crippen molar-refractivity contribution >= 4 is 23.0 Å². The molecule has 0 bridgehead atoms.